The molecule has 0 saturated heterocycles. The van der Waals surface area contributed by atoms with Crippen molar-refractivity contribution in [3.05, 3.63) is 94.4 Å². The molecule has 0 spiro atoms. The van der Waals surface area contributed by atoms with Gasteiger partial charge in [0.05, 0.1) is 17.9 Å². The zero-order valence-corrected chi connectivity index (χ0v) is 18.1. The van der Waals surface area contributed by atoms with Crippen molar-refractivity contribution in [3.63, 3.8) is 0 Å². The van der Waals surface area contributed by atoms with E-state index >= 15 is 0 Å². The van der Waals surface area contributed by atoms with Crippen LogP contribution in [-0.2, 0) is 11.3 Å². The van der Waals surface area contributed by atoms with Crippen LogP contribution in [0.4, 0.5) is 0 Å². The Labute approximate surface area is 192 Å². The highest BCUT2D eigenvalue weighted by Gasteiger charge is 2.15. The number of rotatable bonds is 5. The van der Waals surface area contributed by atoms with Gasteiger partial charge in [0.1, 0.15) is 17.1 Å². The number of phenols is 1. The van der Waals surface area contributed by atoms with Gasteiger partial charge in [-0.1, -0.05) is 48.5 Å². The number of phenolic OH excluding ortho intramolecular Hbond substituents is 1. The van der Waals surface area contributed by atoms with E-state index in [1.165, 1.54) is 34.5 Å². The fourth-order valence-electron chi connectivity index (χ4n) is 3.61. The van der Waals surface area contributed by atoms with Crippen LogP contribution in [0.1, 0.15) is 5.56 Å². The average molecular weight is 455 g/mol. The molecule has 0 radical (unpaired) electrons. The van der Waals surface area contributed by atoms with E-state index in [0.29, 0.717) is 15.8 Å². The molecule has 7 nitrogen and oxygen atoms in total. The summed E-state index contributed by atoms with van der Waals surface area (Å²) >= 11 is 1.40. The first-order chi connectivity index (χ1) is 16.1. The number of hydrogen-bond donors (Lipinski definition) is 2. The van der Waals surface area contributed by atoms with E-state index in [9.17, 15) is 14.7 Å². The summed E-state index contributed by atoms with van der Waals surface area (Å²) in [6.45, 7) is -0.229. The molecule has 0 unspecified atom stereocenters. The maximum Gasteiger partial charge on any atom is 0.263 e. The highest BCUT2D eigenvalue weighted by Crippen LogP contribution is 2.32. The third-order valence-corrected chi connectivity index (χ3v) is 6.15. The molecule has 0 bridgehead atoms. The predicted octanol–water partition coefficient (Wildman–Crippen LogP) is 4.13. The van der Waals surface area contributed by atoms with Gasteiger partial charge in [0.15, 0.2) is 0 Å². The number of para-hydroxylation sites is 1. The molecular formula is C25H18N4O3S. The topological polar surface area (TPSA) is 96.6 Å². The maximum absolute atomic E-state index is 13.2. The lowest BCUT2D eigenvalue weighted by Crippen LogP contribution is -2.30. The Morgan fingerprint density at radius 3 is 2.73 bits per heavy atom. The summed E-state index contributed by atoms with van der Waals surface area (Å²) in [7, 11) is 0. The number of benzene rings is 3. The van der Waals surface area contributed by atoms with Crippen molar-refractivity contribution in [1.82, 2.24) is 15.0 Å². The van der Waals surface area contributed by atoms with Gasteiger partial charge in [-0.05, 0) is 34.5 Å². The number of carbonyl (C=O) groups excluding carboxylic acids is 1. The van der Waals surface area contributed by atoms with Crippen molar-refractivity contribution in [2.45, 2.75) is 6.54 Å². The van der Waals surface area contributed by atoms with Crippen LogP contribution in [0.15, 0.2) is 88.3 Å². The van der Waals surface area contributed by atoms with Crippen molar-refractivity contribution in [1.29, 1.82) is 0 Å². The van der Waals surface area contributed by atoms with Crippen LogP contribution < -0.4 is 11.0 Å². The van der Waals surface area contributed by atoms with Gasteiger partial charge in [0.25, 0.3) is 11.5 Å². The SMILES string of the molecule is O=C(Cn1cnc2scc(-c3ccc4ccccc4c3)c2c1=O)N/N=C/c1ccccc1O. The van der Waals surface area contributed by atoms with Crippen LogP contribution in [0.25, 0.3) is 32.1 Å². The Kier molecular flexibility index (Phi) is 5.42. The minimum Gasteiger partial charge on any atom is -0.507 e. The number of carbonyl (C=O) groups is 1. The number of hydrazone groups is 1. The van der Waals surface area contributed by atoms with Gasteiger partial charge in [-0.15, -0.1) is 11.3 Å². The van der Waals surface area contributed by atoms with E-state index in [2.05, 4.69) is 15.5 Å². The summed E-state index contributed by atoms with van der Waals surface area (Å²) in [4.78, 5) is 30.5. The lowest BCUT2D eigenvalue weighted by Gasteiger charge is -2.06. The number of aromatic nitrogens is 2. The Bertz CT molecular complexity index is 1590. The normalized spacial score (nSPS) is 11.4. The zero-order valence-electron chi connectivity index (χ0n) is 17.3. The number of hydrogen-bond acceptors (Lipinski definition) is 6. The van der Waals surface area contributed by atoms with Crippen molar-refractivity contribution < 1.29 is 9.90 Å². The van der Waals surface area contributed by atoms with Crippen LogP contribution in [0, 0.1) is 0 Å². The van der Waals surface area contributed by atoms with Gasteiger partial charge < -0.3 is 5.11 Å². The van der Waals surface area contributed by atoms with Crippen LogP contribution in [-0.4, -0.2) is 26.8 Å². The Hall–Kier alpha value is -4.30. The molecule has 1 amide bonds. The number of thiophene rings is 1. The molecule has 162 valence electrons. The minimum absolute atomic E-state index is 0.0556. The summed E-state index contributed by atoms with van der Waals surface area (Å²) in [5.74, 6) is -0.424. The third kappa shape index (κ3) is 4.11. The molecule has 0 saturated carbocycles. The molecule has 8 heteroatoms. The maximum atomic E-state index is 13.2. The standard InChI is InChI=1S/C25H18N4O3S/c30-21-8-4-3-7-19(21)12-27-28-22(31)13-29-15-26-24-23(25(29)32)20(14-33-24)18-10-9-16-5-1-2-6-17(16)11-18/h1-12,14-15,30H,13H2,(H,28,31)/b27-12+. The first-order valence-corrected chi connectivity index (χ1v) is 11.0. The first kappa shape index (κ1) is 20.6. The average Bonchev–Trinajstić information content (AvgIpc) is 3.27. The van der Waals surface area contributed by atoms with Crippen molar-refractivity contribution in [2.75, 3.05) is 0 Å². The fraction of sp³-hybridized carbons (Fsp3) is 0.0400. The monoisotopic (exact) mass is 454 g/mol. The van der Waals surface area contributed by atoms with E-state index in [1.54, 1.807) is 18.2 Å². The fourth-order valence-corrected chi connectivity index (χ4v) is 4.52. The predicted molar refractivity (Wildman–Crippen MR) is 131 cm³/mol. The summed E-state index contributed by atoms with van der Waals surface area (Å²) in [6, 6.07) is 20.7. The second kappa shape index (κ2) is 8.68. The number of amides is 1. The molecule has 33 heavy (non-hydrogen) atoms. The molecule has 5 aromatic rings. The molecule has 0 aliphatic carbocycles. The lowest BCUT2D eigenvalue weighted by atomic mass is 10.0. The van der Waals surface area contributed by atoms with Gasteiger partial charge in [0, 0.05) is 16.5 Å². The molecule has 3 aromatic carbocycles. The van der Waals surface area contributed by atoms with Gasteiger partial charge >= 0.3 is 0 Å². The van der Waals surface area contributed by atoms with Gasteiger partial charge in [-0.2, -0.15) is 5.10 Å². The highest BCUT2D eigenvalue weighted by atomic mass is 32.1. The van der Waals surface area contributed by atoms with Gasteiger partial charge in [-0.25, -0.2) is 10.4 Å². The van der Waals surface area contributed by atoms with Gasteiger partial charge in [0.2, 0.25) is 0 Å². The second-order valence-electron chi connectivity index (χ2n) is 7.42. The Morgan fingerprint density at radius 2 is 1.88 bits per heavy atom. The number of nitrogens with one attached hydrogen (secondary N) is 1. The minimum atomic E-state index is -0.479. The van der Waals surface area contributed by atoms with E-state index in [4.69, 9.17) is 0 Å². The second-order valence-corrected chi connectivity index (χ2v) is 8.28. The summed E-state index contributed by atoms with van der Waals surface area (Å²) in [5, 5.41) is 18.2. The third-order valence-electron chi connectivity index (χ3n) is 5.26. The van der Waals surface area contributed by atoms with E-state index in [-0.39, 0.29) is 17.9 Å². The molecule has 2 N–H and O–H groups in total. The Morgan fingerprint density at radius 1 is 1.09 bits per heavy atom. The summed E-state index contributed by atoms with van der Waals surface area (Å²) < 4.78 is 1.27. The highest BCUT2D eigenvalue weighted by molar-refractivity contribution is 7.17. The van der Waals surface area contributed by atoms with Crippen molar-refractivity contribution in [2.24, 2.45) is 5.10 Å². The molecule has 5 rings (SSSR count). The van der Waals surface area contributed by atoms with Crippen LogP contribution in [0.3, 0.4) is 0 Å². The van der Waals surface area contributed by atoms with Crippen LogP contribution in [0.2, 0.25) is 0 Å². The largest absolute Gasteiger partial charge is 0.507 e. The van der Waals surface area contributed by atoms with Crippen molar-refractivity contribution >= 4 is 44.4 Å². The summed E-state index contributed by atoms with van der Waals surface area (Å²) in [5.41, 5.74) is 4.28. The van der Waals surface area contributed by atoms with Gasteiger partial charge in [-0.3, -0.25) is 14.2 Å². The molecule has 2 aromatic heterocycles. The summed E-state index contributed by atoms with van der Waals surface area (Å²) in [6.07, 6.45) is 2.71. The molecule has 0 aliphatic heterocycles. The smallest absolute Gasteiger partial charge is 0.263 e. The van der Waals surface area contributed by atoms with E-state index in [1.807, 2.05) is 47.8 Å². The lowest BCUT2D eigenvalue weighted by molar-refractivity contribution is -0.121. The number of fused-ring (bicyclic) bond motifs is 2. The van der Waals surface area contributed by atoms with Crippen LogP contribution in [0.5, 0.6) is 5.75 Å². The molecular weight excluding hydrogens is 436 g/mol. The quantitative estimate of drug-likeness (QED) is 0.308. The molecule has 2 heterocycles. The van der Waals surface area contributed by atoms with Crippen LogP contribution >= 0.6 is 11.3 Å². The number of aromatic hydroxyl groups is 1. The zero-order chi connectivity index (χ0) is 22.8. The van der Waals surface area contributed by atoms with Crippen molar-refractivity contribution in [3.8, 4) is 16.9 Å². The van der Waals surface area contributed by atoms with E-state index in [0.717, 1.165) is 21.9 Å². The molecule has 0 aliphatic rings. The number of nitrogens with zero attached hydrogens (tertiary/aromatic N) is 3. The molecule has 0 atom stereocenters. The first-order valence-electron chi connectivity index (χ1n) is 10.2. The van der Waals surface area contributed by atoms with E-state index < -0.39 is 5.91 Å². The molecule has 0 fully saturated rings. The Balaban J connectivity index is 1.41.